The zero-order chi connectivity index (χ0) is 24.7. The van der Waals surface area contributed by atoms with E-state index in [0.29, 0.717) is 35.9 Å². The molecule has 182 valence electrons. The molecule has 0 fully saturated rings. The molecule has 1 aliphatic rings. The first kappa shape index (κ1) is 23.6. The highest BCUT2D eigenvalue weighted by Gasteiger charge is 2.23. The number of aromatic nitrogens is 3. The van der Waals surface area contributed by atoms with Crippen LogP contribution in [-0.4, -0.2) is 45.3 Å². The van der Waals surface area contributed by atoms with E-state index in [0.717, 1.165) is 47.1 Å². The van der Waals surface area contributed by atoms with Gasteiger partial charge in [0.2, 0.25) is 5.82 Å². The van der Waals surface area contributed by atoms with Crippen molar-refractivity contribution in [1.29, 1.82) is 0 Å². The van der Waals surface area contributed by atoms with Crippen molar-refractivity contribution >= 4 is 28.5 Å². The number of carbonyl (C=O) groups is 1. The van der Waals surface area contributed by atoms with Gasteiger partial charge < -0.3 is 13.8 Å². The Kier molecular flexibility index (Phi) is 6.38. The maximum atomic E-state index is 11.9. The molecule has 2 aromatic carbocycles. The maximum absolute atomic E-state index is 11.9. The van der Waals surface area contributed by atoms with Gasteiger partial charge in [0.15, 0.2) is 0 Å². The molecule has 8 heteroatoms. The standard InChI is InChI=1S/C27H29ClN4O3/c1-5-34-25(33)15-31-11-10-20-17(4)21(8-6-19(20)13-31)26-29-27(35-30-26)18-7-9-24-22(12-18)23(28)14-32(24)16(2)3/h6-9,12,14,16H,5,10-11,13,15H2,1-4H3. The van der Waals surface area contributed by atoms with Crippen molar-refractivity contribution in [3.05, 3.63) is 58.2 Å². The van der Waals surface area contributed by atoms with Crippen molar-refractivity contribution in [1.82, 2.24) is 19.6 Å². The van der Waals surface area contributed by atoms with Crippen LogP contribution in [0.4, 0.5) is 0 Å². The molecule has 4 aromatic rings. The second-order valence-corrected chi connectivity index (χ2v) is 9.68. The average molecular weight is 493 g/mol. The Morgan fingerprint density at radius 2 is 2.09 bits per heavy atom. The fourth-order valence-electron chi connectivity index (χ4n) is 4.89. The minimum Gasteiger partial charge on any atom is -0.465 e. The summed E-state index contributed by atoms with van der Waals surface area (Å²) in [6.45, 7) is 10.5. The van der Waals surface area contributed by atoms with Crippen molar-refractivity contribution < 1.29 is 14.1 Å². The molecule has 7 nitrogen and oxygen atoms in total. The van der Waals surface area contributed by atoms with Gasteiger partial charge in [0.25, 0.3) is 5.89 Å². The fraction of sp³-hybridized carbons (Fsp3) is 0.370. The lowest BCUT2D eigenvalue weighted by Crippen LogP contribution is -2.35. The van der Waals surface area contributed by atoms with Gasteiger partial charge >= 0.3 is 5.97 Å². The van der Waals surface area contributed by atoms with E-state index in [1.165, 1.54) is 11.1 Å². The van der Waals surface area contributed by atoms with Crippen molar-refractivity contribution in [2.75, 3.05) is 19.7 Å². The van der Waals surface area contributed by atoms with Crippen molar-refractivity contribution in [3.63, 3.8) is 0 Å². The summed E-state index contributed by atoms with van der Waals surface area (Å²) >= 11 is 6.51. The summed E-state index contributed by atoms with van der Waals surface area (Å²) in [6, 6.07) is 10.5. The van der Waals surface area contributed by atoms with E-state index in [4.69, 9.17) is 25.8 Å². The highest BCUT2D eigenvalue weighted by atomic mass is 35.5. The molecule has 0 spiro atoms. The molecule has 3 heterocycles. The number of carbonyl (C=O) groups excluding carboxylic acids is 1. The molecule has 0 aliphatic carbocycles. The van der Waals surface area contributed by atoms with Gasteiger partial charge in [-0.3, -0.25) is 9.69 Å². The first-order valence-electron chi connectivity index (χ1n) is 12.0. The van der Waals surface area contributed by atoms with Gasteiger partial charge in [-0.2, -0.15) is 4.98 Å². The van der Waals surface area contributed by atoms with E-state index in [2.05, 4.69) is 41.5 Å². The normalized spacial score (nSPS) is 14.0. The van der Waals surface area contributed by atoms with Gasteiger partial charge in [0.1, 0.15) is 0 Å². The predicted octanol–water partition coefficient (Wildman–Crippen LogP) is 5.82. The van der Waals surface area contributed by atoms with Gasteiger partial charge in [0, 0.05) is 47.4 Å². The monoisotopic (exact) mass is 492 g/mol. The lowest BCUT2D eigenvalue weighted by Gasteiger charge is -2.29. The van der Waals surface area contributed by atoms with Crippen LogP contribution in [-0.2, 0) is 22.5 Å². The van der Waals surface area contributed by atoms with Gasteiger partial charge in [-0.15, -0.1) is 0 Å². The topological polar surface area (TPSA) is 73.4 Å². The van der Waals surface area contributed by atoms with Gasteiger partial charge in [0.05, 0.1) is 18.2 Å². The second-order valence-electron chi connectivity index (χ2n) is 9.27. The smallest absolute Gasteiger partial charge is 0.320 e. The molecule has 2 aromatic heterocycles. The Morgan fingerprint density at radius 1 is 1.26 bits per heavy atom. The molecular weight excluding hydrogens is 464 g/mol. The lowest BCUT2D eigenvalue weighted by atomic mass is 9.91. The van der Waals surface area contributed by atoms with Crippen LogP contribution in [0.15, 0.2) is 41.1 Å². The Balaban J connectivity index is 1.40. The highest BCUT2D eigenvalue weighted by Crippen LogP contribution is 2.34. The van der Waals surface area contributed by atoms with Crippen LogP contribution in [0.5, 0.6) is 0 Å². The number of hydrogen-bond donors (Lipinski definition) is 0. The third-order valence-electron chi connectivity index (χ3n) is 6.68. The molecular formula is C27H29ClN4O3. The highest BCUT2D eigenvalue weighted by molar-refractivity contribution is 6.35. The predicted molar refractivity (Wildman–Crippen MR) is 136 cm³/mol. The molecule has 0 radical (unpaired) electrons. The Labute approximate surface area is 209 Å². The Bertz CT molecular complexity index is 1410. The zero-order valence-electron chi connectivity index (χ0n) is 20.5. The fourth-order valence-corrected chi connectivity index (χ4v) is 5.15. The summed E-state index contributed by atoms with van der Waals surface area (Å²) in [5.41, 5.74) is 6.54. The zero-order valence-corrected chi connectivity index (χ0v) is 21.2. The third kappa shape index (κ3) is 4.46. The Hall–Kier alpha value is -3.16. The van der Waals surface area contributed by atoms with Crippen LogP contribution >= 0.6 is 11.6 Å². The SMILES string of the molecule is CCOC(=O)CN1CCc2c(ccc(-c3noc(-c4ccc5c(c4)c(Cl)cn5C(C)C)n3)c2C)C1. The van der Waals surface area contributed by atoms with E-state index in [1.54, 1.807) is 0 Å². The summed E-state index contributed by atoms with van der Waals surface area (Å²) in [4.78, 5) is 18.7. The number of esters is 1. The molecule has 0 amide bonds. The minimum atomic E-state index is -0.177. The third-order valence-corrected chi connectivity index (χ3v) is 6.98. The molecule has 0 bridgehead atoms. The van der Waals surface area contributed by atoms with Crippen molar-refractivity contribution in [3.8, 4) is 22.8 Å². The van der Waals surface area contributed by atoms with Crippen LogP contribution in [0.2, 0.25) is 5.02 Å². The molecule has 5 rings (SSSR count). The molecule has 1 aliphatic heterocycles. The number of nitrogens with zero attached hydrogens (tertiary/aromatic N) is 4. The number of ether oxygens (including phenoxy) is 1. The first-order chi connectivity index (χ1) is 16.9. The van der Waals surface area contributed by atoms with E-state index in [1.807, 2.05) is 37.4 Å². The molecule has 0 unspecified atom stereocenters. The van der Waals surface area contributed by atoms with Gasteiger partial charge in [-0.1, -0.05) is 28.9 Å². The van der Waals surface area contributed by atoms with E-state index >= 15 is 0 Å². The lowest BCUT2D eigenvalue weighted by molar-refractivity contribution is -0.144. The first-order valence-corrected chi connectivity index (χ1v) is 12.4. The second kappa shape index (κ2) is 9.47. The number of halogens is 1. The molecule has 0 saturated heterocycles. The number of hydrogen-bond acceptors (Lipinski definition) is 6. The van der Waals surface area contributed by atoms with E-state index < -0.39 is 0 Å². The molecule has 0 saturated carbocycles. The van der Waals surface area contributed by atoms with Crippen molar-refractivity contribution in [2.24, 2.45) is 0 Å². The number of fused-ring (bicyclic) bond motifs is 2. The van der Waals surface area contributed by atoms with Crippen LogP contribution in [0, 0.1) is 6.92 Å². The summed E-state index contributed by atoms with van der Waals surface area (Å²) in [5.74, 6) is 0.858. The quantitative estimate of drug-likeness (QED) is 0.316. The number of benzene rings is 2. The summed E-state index contributed by atoms with van der Waals surface area (Å²) < 4.78 is 12.9. The maximum Gasteiger partial charge on any atom is 0.320 e. The van der Waals surface area contributed by atoms with Crippen molar-refractivity contribution in [2.45, 2.75) is 46.7 Å². The summed E-state index contributed by atoms with van der Waals surface area (Å²) in [7, 11) is 0. The molecule has 0 atom stereocenters. The minimum absolute atomic E-state index is 0.177. The van der Waals surface area contributed by atoms with Crippen LogP contribution in [0.25, 0.3) is 33.7 Å². The Morgan fingerprint density at radius 3 is 2.86 bits per heavy atom. The van der Waals surface area contributed by atoms with E-state index in [-0.39, 0.29) is 5.97 Å². The van der Waals surface area contributed by atoms with Crippen LogP contribution < -0.4 is 0 Å². The largest absolute Gasteiger partial charge is 0.465 e. The van der Waals surface area contributed by atoms with Gasteiger partial charge in [-0.25, -0.2) is 0 Å². The average Bonchev–Trinajstić information content (AvgIpc) is 3.44. The van der Waals surface area contributed by atoms with Crippen LogP contribution in [0.3, 0.4) is 0 Å². The summed E-state index contributed by atoms with van der Waals surface area (Å²) in [5, 5.41) is 5.96. The van der Waals surface area contributed by atoms with E-state index in [9.17, 15) is 4.79 Å². The number of rotatable bonds is 6. The van der Waals surface area contributed by atoms with Gasteiger partial charge in [-0.05, 0) is 69.0 Å². The molecule has 0 N–H and O–H groups in total. The molecule has 35 heavy (non-hydrogen) atoms. The summed E-state index contributed by atoms with van der Waals surface area (Å²) in [6.07, 6.45) is 2.82. The van der Waals surface area contributed by atoms with Crippen LogP contribution in [0.1, 0.15) is 43.5 Å².